The van der Waals surface area contributed by atoms with E-state index in [1.807, 2.05) is 18.2 Å². The van der Waals surface area contributed by atoms with E-state index in [-0.39, 0.29) is 0 Å². The van der Waals surface area contributed by atoms with Crippen LogP contribution in [0.2, 0.25) is 0 Å². The number of rotatable bonds is 2. The van der Waals surface area contributed by atoms with Crippen molar-refractivity contribution in [2.45, 2.75) is 26.3 Å². The first-order chi connectivity index (χ1) is 11.3. The average molecular weight is 305 g/mol. The van der Waals surface area contributed by atoms with Gasteiger partial charge in [0.25, 0.3) is 0 Å². The first kappa shape index (κ1) is 14.0. The molecule has 4 rings (SSSR count). The van der Waals surface area contributed by atoms with Crippen LogP contribution in [0.5, 0.6) is 0 Å². The first-order valence-corrected chi connectivity index (χ1v) is 8.01. The Balaban J connectivity index is 1.65. The molecule has 1 aliphatic heterocycles. The lowest BCUT2D eigenvalue weighted by Crippen LogP contribution is -2.22. The molecule has 0 spiro atoms. The SMILES string of the molecule is Cc1cccc(N2CCCc3oc(-c4ccccn4)nc3C2)c1. The molecule has 116 valence electrons. The van der Waals surface area contributed by atoms with E-state index in [9.17, 15) is 0 Å². The molecule has 3 aromatic rings. The van der Waals surface area contributed by atoms with E-state index in [1.54, 1.807) is 6.20 Å². The third-order valence-corrected chi connectivity index (χ3v) is 4.20. The lowest BCUT2D eigenvalue weighted by Gasteiger charge is -2.22. The van der Waals surface area contributed by atoms with E-state index in [4.69, 9.17) is 9.40 Å². The fourth-order valence-electron chi connectivity index (χ4n) is 3.04. The van der Waals surface area contributed by atoms with Crippen molar-refractivity contribution >= 4 is 5.69 Å². The minimum absolute atomic E-state index is 0.627. The van der Waals surface area contributed by atoms with Crippen LogP contribution in [0.3, 0.4) is 0 Å². The second-order valence-corrected chi connectivity index (χ2v) is 5.97. The molecule has 4 nitrogen and oxygen atoms in total. The van der Waals surface area contributed by atoms with Gasteiger partial charge in [0.1, 0.15) is 17.1 Å². The summed E-state index contributed by atoms with van der Waals surface area (Å²) in [4.78, 5) is 11.4. The molecule has 0 bridgehead atoms. The third kappa shape index (κ3) is 2.84. The topological polar surface area (TPSA) is 42.2 Å². The van der Waals surface area contributed by atoms with Crippen LogP contribution in [0, 0.1) is 6.92 Å². The Bertz CT molecular complexity index is 810. The molecule has 0 amide bonds. The highest BCUT2D eigenvalue weighted by molar-refractivity contribution is 5.51. The standard InChI is InChI=1S/C19H19N3O/c1-14-6-4-7-15(12-14)22-11-5-9-18-17(13-22)21-19(23-18)16-8-2-3-10-20-16/h2-4,6-8,10,12H,5,9,11,13H2,1H3. The number of fused-ring (bicyclic) bond motifs is 1. The van der Waals surface area contributed by atoms with Gasteiger partial charge < -0.3 is 9.32 Å². The molecular weight excluding hydrogens is 286 g/mol. The molecule has 0 saturated heterocycles. The zero-order valence-corrected chi connectivity index (χ0v) is 13.2. The van der Waals surface area contributed by atoms with Gasteiger partial charge >= 0.3 is 0 Å². The molecular formula is C19H19N3O. The van der Waals surface area contributed by atoms with Crippen molar-refractivity contribution in [3.63, 3.8) is 0 Å². The minimum Gasteiger partial charge on any atom is -0.440 e. The van der Waals surface area contributed by atoms with Gasteiger partial charge in [-0.1, -0.05) is 18.2 Å². The number of benzene rings is 1. The van der Waals surface area contributed by atoms with Crippen LogP contribution in [-0.2, 0) is 13.0 Å². The normalized spacial score (nSPS) is 14.4. The quantitative estimate of drug-likeness (QED) is 0.717. The van der Waals surface area contributed by atoms with Crippen LogP contribution in [0.1, 0.15) is 23.4 Å². The van der Waals surface area contributed by atoms with Crippen molar-refractivity contribution in [3.05, 3.63) is 65.7 Å². The highest BCUT2D eigenvalue weighted by Crippen LogP contribution is 2.27. The molecule has 4 heteroatoms. The molecule has 0 fully saturated rings. The fourth-order valence-corrected chi connectivity index (χ4v) is 3.04. The molecule has 0 radical (unpaired) electrons. The molecule has 0 saturated carbocycles. The second-order valence-electron chi connectivity index (χ2n) is 5.97. The minimum atomic E-state index is 0.627. The Morgan fingerprint density at radius 1 is 1.13 bits per heavy atom. The van der Waals surface area contributed by atoms with Gasteiger partial charge in [0.2, 0.25) is 5.89 Å². The number of aromatic nitrogens is 2. The molecule has 23 heavy (non-hydrogen) atoms. The lowest BCUT2D eigenvalue weighted by atomic mass is 10.2. The molecule has 1 aromatic carbocycles. The first-order valence-electron chi connectivity index (χ1n) is 8.01. The van der Waals surface area contributed by atoms with E-state index >= 15 is 0 Å². The van der Waals surface area contributed by atoms with Crippen LogP contribution in [0.4, 0.5) is 5.69 Å². The third-order valence-electron chi connectivity index (χ3n) is 4.20. The number of pyridine rings is 1. The smallest absolute Gasteiger partial charge is 0.245 e. The monoisotopic (exact) mass is 305 g/mol. The fraction of sp³-hybridized carbons (Fsp3) is 0.263. The predicted octanol–water partition coefficient (Wildman–Crippen LogP) is 4.00. The van der Waals surface area contributed by atoms with Gasteiger partial charge in [-0.05, 0) is 43.2 Å². The molecule has 3 heterocycles. The van der Waals surface area contributed by atoms with E-state index in [2.05, 4.69) is 41.1 Å². The number of aryl methyl sites for hydroxylation is 2. The molecule has 2 aromatic heterocycles. The van der Waals surface area contributed by atoms with E-state index in [0.717, 1.165) is 43.1 Å². The van der Waals surface area contributed by atoms with Crippen molar-refractivity contribution < 1.29 is 4.42 Å². The molecule has 0 N–H and O–H groups in total. The van der Waals surface area contributed by atoms with Gasteiger partial charge in [-0.3, -0.25) is 4.98 Å². The number of oxazole rings is 1. The molecule has 0 aliphatic carbocycles. The lowest BCUT2D eigenvalue weighted by molar-refractivity contribution is 0.511. The van der Waals surface area contributed by atoms with Gasteiger partial charge in [-0.15, -0.1) is 0 Å². The Kier molecular flexibility index (Phi) is 3.58. The van der Waals surface area contributed by atoms with Crippen molar-refractivity contribution in [1.82, 2.24) is 9.97 Å². The molecule has 0 unspecified atom stereocenters. The molecule has 0 atom stereocenters. The van der Waals surface area contributed by atoms with Crippen LogP contribution >= 0.6 is 0 Å². The summed E-state index contributed by atoms with van der Waals surface area (Å²) < 4.78 is 5.98. The average Bonchev–Trinajstić information content (AvgIpc) is 2.87. The predicted molar refractivity (Wildman–Crippen MR) is 90.3 cm³/mol. The largest absolute Gasteiger partial charge is 0.440 e. The Hall–Kier alpha value is -2.62. The number of nitrogens with zero attached hydrogens (tertiary/aromatic N) is 3. The Morgan fingerprint density at radius 2 is 2.09 bits per heavy atom. The van der Waals surface area contributed by atoms with Crippen LogP contribution in [0.15, 0.2) is 53.1 Å². The summed E-state index contributed by atoms with van der Waals surface area (Å²) in [5.41, 5.74) is 4.36. The van der Waals surface area contributed by atoms with Gasteiger partial charge in [0.15, 0.2) is 0 Å². The Morgan fingerprint density at radius 3 is 2.91 bits per heavy atom. The highest BCUT2D eigenvalue weighted by atomic mass is 16.4. The maximum atomic E-state index is 5.98. The van der Waals surface area contributed by atoms with Crippen LogP contribution in [-0.4, -0.2) is 16.5 Å². The van der Waals surface area contributed by atoms with Crippen molar-refractivity contribution in [2.24, 2.45) is 0 Å². The van der Waals surface area contributed by atoms with E-state index in [1.165, 1.54) is 11.3 Å². The zero-order chi connectivity index (χ0) is 15.6. The summed E-state index contributed by atoms with van der Waals surface area (Å²) in [5.74, 6) is 1.63. The summed E-state index contributed by atoms with van der Waals surface area (Å²) in [7, 11) is 0. The van der Waals surface area contributed by atoms with Gasteiger partial charge in [-0.2, -0.15) is 0 Å². The number of hydrogen-bond acceptors (Lipinski definition) is 4. The summed E-state index contributed by atoms with van der Waals surface area (Å²) >= 11 is 0. The van der Waals surface area contributed by atoms with Crippen molar-refractivity contribution in [2.75, 3.05) is 11.4 Å². The Labute approximate surface area is 135 Å². The molecule has 1 aliphatic rings. The summed E-state index contributed by atoms with van der Waals surface area (Å²) in [6, 6.07) is 14.4. The van der Waals surface area contributed by atoms with Crippen LogP contribution in [0.25, 0.3) is 11.6 Å². The van der Waals surface area contributed by atoms with Gasteiger partial charge in [0, 0.05) is 24.8 Å². The summed E-state index contributed by atoms with van der Waals surface area (Å²) in [5, 5.41) is 0. The van der Waals surface area contributed by atoms with Crippen molar-refractivity contribution in [1.29, 1.82) is 0 Å². The van der Waals surface area contributed by atoms with Gasteiger partial charge in [-0.25, -0.2) is 4.98 Å². The van der Waals surface area contributed by atoms with Crippen LogP contribution < -0.4 is 4.90 Å². The van der Waals surface area contributed by atoms with Crippen molar-refractivity contribution in [3.8, 4) is 11.6 Å². The maximum absolute atomic E-state index is 5.98. The van der Waals surface area contributed by atoms with Gasteiger partial charge in [0.05, 0.1) is 6.54 Å². The second kappa shape index (κ2) is 5.88. The zero-order valence-electron chi connectivity index (χ0n) is 13.2. The summed E-state index contributed by atoms with van der Waals surface area (Å²) in [6.07, 6.45) is 3.76. The highest BCUT2D eigenvalue weighted by Gasteiger charge is 2.21. The number of hydrogen-bond donors (Lipinski definition) is 0. The van der Waals surface area contributed by atoms with E-state index in [0.29, 0.717) is 5.89 Å². The van der Waals surface area contributed by atoms with E-state index < -0.39 is 0 Å². The maximum Gasteiger partial charge on any atom is 0.245 e. The number of anilines is 1. The summed E-state index contributed by atoms with van der Waals surface area (Å²) in [6.45, 7) is 3.94.